The third kappa shape index (κ3) is 1.36. The van der Waals surface area contributed by atoms with Crippen LogP contribution in [0.3, 0.4) is 0 Å². The highest BCUT2D eigenvalue weighted by atomic mass is 32.1. The molecule has 14 heavy (non-hydrogen) atoms. The molecule has 1 heterocycles. The smallest absolute Gasteiger partial charge is 0.233 e. The molecule has 3 nitrogen and oxygen atoms in total. The largest absolute Gasteiger partial charge is 0.281 e. The highest BCUT2D eigenvalue weighted by Gasteiger charge is 2.51. The molecular weight excluding hydrogens is 198 g/mol. The topological polar surface area (TPSA) is 37.4 Å². The second kappa shape index (κ2) is 3.57. The molecule has 0 aromatic carbocycles. The molecule has 2 rings (SSSR count). The molecule has 78 valence electrons. The van der Waals surface area contributed by atoms with Crippen LogP contribution in [0.15, 0.2) is 0 Å². The maximum absolute atomic E-state index is 11.8. The van der Waals surface area contributed by atoms with E-state index in [9.17, 15) is 9.59 Å². The Bertz CT molecular complexity index is 255. The number of carbonyl (C=O) groups is 2. The molecule has 4 heteroatoms. The quantitative estimate of drug-likeness (QED) is 0.548. The van der Waals surface area contributed by atoms with Gasteiger partial charge < -0.3 is 0 Å². The molecule has 2 unspecified atom stereocenters. The lowest BCUT2D eigenvalue weighted by atomic mass is 10.00. The third-order valence-electron chi connectivity index (χ3n) is 3.29. The summed E-state index contributed by atoms with van der Waals surface area (Å²) in [5.41, 5.74) is 0. The lowest BCUT2D eigenvalue weighted by molar-refractivity contribution is -0.140. The SMILES string of the molecule is CC1CC2C(=O)N(CCS)C(=O)C2C1. The van der Waals surface area contributed by atoms with Crippen molar-refractivity contribution in [1.29, 1.82) is 0 Å². The molecule has 1 aliphatic carbocycles. The number of rotatable bonds is 2. The zero-order valence-electron chi connectivity index (χ0n) is 8.27. The Kier molecular flexibility index (Phi) is 2.56. The van der Waals surface area contributed by atoms with Gasteiger partial charge >= 0.3 is 0 Å². The summed E-state index contributed by atoms with van der Waals surface area (Å²) in [7, 11) is 0. The summed E-state index contributed by atoms with van der Waals surface area (Å²) in [6, 6.07) is 0. The van der Waals surface area contributed by atoms with Crippen LogP contribution in [0.5, 0.6) is 0 Å². The maximum Gasteiger partial charge on any atom is 0.233 e. The van der Waals surface area contributed by atoms with E-state index < -0.39 is 0 Å². The zero-order chi connectivity index (χ0) is 10.3. The molecule has 0 aromatic heterocycles. The van der Waals surface area contributed by atoms with Crippen molar-refractivity contribution in [3.8, 4) is 0 Å². The Labute approximate surface area is 89.3 Å². The van der Waals surface area contributed by atoms with Gasteiger partial charge in [0.05, 0.1) is 11.8 Å². The molecule has 0 bridgehead atoms. The van der Waals surface area contributed by atoms with Crippen LogP contribution in [0.2, 0.25) is 0 Å². The first-order valence-electron chi connectivity index (χ1n) is 5.11. The van der Waals surface area contributed by atoms with Gasteiger partial charge in [0.2, 0.25) is 11.8 Å². The van der Waals surface area contributed by atoms with Crippen molar-refractivity contribution in [3.05, 3.63) is 0 Å². The Balaban J connectivity index is 2.15. The van der Waals surface area contributed by atoms with Crippen LogP contribution in [0, 0.1) is 17.8 Å². The van der Waals surface area contributed by atoms with Gasteiger partial charge in [0, 0.05) is 12.3 Å². The minimum absolute atomic E-state index is 0.0163. The fraction of sp³-hybridized carbons (Fsp3) is 0.800. The number of imide groups is 1. The monoisotopic (exact) mass is 213 g/mol. The van der Waals surface area contributed by atoms with Crippen molar-refractivity contribution < 1.29 is 9.59 Å². The predicted molar refractivity (Wildman–Crippen MR) is 56.0 cm³/mol. The summed E-state index contributed by atoms with van der Waals surface area (Å²) in [6.07, 6.45) is 1.77. The van der Waals surface area contributed by atoms with E-state index in [1.807, 2.05) is 0 Å². The molecule has 0 radical (unpaired) electrons. The fourth-order valence-electron chi connectivity index (χ4n) is 2.67. The van der Waals surface area contributed by atoms with Crippen molar-refractivity contribution in [3.63, 3.8) is 0 Å². The normalized spacial score (nSPS) is 36.7. The van der Waals surface area contributed by atoms with Crippen LogP contribution in [0.25, 0.3) is 0 Å². The standard InChI is InChI=1S/C10H15NO2S/c1-6-4-7-8(5-6)10(13)11(2-3-14)9(7)12/h6-8,14H,2-5H2,1H3. The summed E-state index contributed by atoms with van der Waals surface area (Å²) in [4.78, 5) is 25.0. The van der Waals surface area contributed by atoms with Gasteiger partial charge in [0.1, 0.15) is 0 Å². The van der Waals surface area contributed by atoms with Crippen LogP contribution in [0.1, 0.15) is 19.8 Å². The minimum atomic E-state index is -0.0163. The maximum atomic E-state index is 11.8. The average Bonchev–Trinajstić information content (AvgIpc) is 2.61. The summed E-state index contributed by atoms with van der Waals surface area (Å²) in [5, 5.41) is 0. The Morgan fingerprint density at radius 1 is 1.29 bits per heavy atom. The van der Waals surface area contributed by atoms with E-state index in [0.29, 0.717) is 18.2 Å². The van der Waals surface area contributed by atoms with E-state index in [1.54, 1.807) is 0 Å². The number of hydrogen-bond donors (Lipinski definition) is 1. The van der Waals surface area contributed by atoms with Gasteiger partial charge in [-0.05, 0) is 18.8 Å². The van der Waals surface area contributed by atoms with Crippen molar-refractivity contribution >= 4 is 24.4 Å². The van der Waals surface area contributed by atoms with Gasteiger partial charge in [0.25, 0.3) is 0 Å². The number of hydrogen-bond acceptors (Lipinski definition) is 3. The lowest BCUT2D eigenvalue weighted by Gasteiger charge is -2.15. The molecule has 0 spiro atoms. The van der Waals surface area contributed by atoms with Crippen LogP contribution in [-0.4, -0.2) is 29.0 Å². The number of nitrogens with zero attached hydrogens (tertiary/aromatic N) is 1. The van der Waals surface area contributed by atoms with Gasteiger partial charge in [-0.25, -0.2) is 0 Å². The molecule has 0 N–H and O–H groups in total. The van der Waals surface area contributed by atoms with Gasteiger partial charge in [-0.15, -0.1) is 0 Å². The molecule has 0 aromatic rings. The van der Waals surface area contributed by atoms with Crippen LogP contribution in [-0.2, 0) is 9.59 Å². The van der Waals surface area contributed by atoms with Crippen molar-refractivity contribution in [2.45, 2.75) is 19.8 Å². The summed E-state index contributed by atoms with van der Waals surface area (Å²) in [6.45, 7) is 2.59. The second-order valence-corrected chi connectivity index (χ2v) is 4.79. The molecule has 1 saturated heterocycles. The second-order valence-electron chi connectivity index (χ2n) is 4.34. The molecular formula is C10H15NO2S. The van der Waals surface area contributed by atoms with Gasteiger partial charge in [-0.2, -0.15) is 12.6 Å². The molecule has 2 aliphatic rings. The van der Waals surface area contributed by atoms with Crippen LogP contribution >= 0.6 is 12.6 Å². The van der Waals surface area contributed by atoms with E-state index in [-0.39, 0.29) is 23.7 Å². The van der Waals surface area contributed by atoms with Gasteiger partial charge in [-0.3, -0.25) is 14.5 Å². The number of thiol groups is 1. The zero-order valence-corrected chi connectivity index (χ0v) is 9.17. The number of amides is 2. The molecule has 2 fully saturated rings. The van der Waals surface area contributed by atoms with E-state index in [2.05, 4.69) is 19.6 Å². The highest BCUT2D eigenvalue weighted by molar-refractivity contribution is 7.80. The summed E-state index contributed by atoms with van der Waals surface area (Å²) >= 11 is 4.05. The van der Waals surface area contributed by atoms with Gasteiger partial charge in [0.15, 0.2) is 0 Å². The average molecular weight is 213 g/mol. The first-order valence-corrected chi connectivity index (χ1v) is 5.74. The number of likely N-dealkylation sites (tertiary alicyclic amines) is 1. The van der Waals surface area contributed by atoms with Crippen molar-refractivity contribution in [2.24, 2.45) is 17.8 Å². The Morgan fingerprint density at radius 2 is 1.79 bits per heavy atom. The fourth-order valence-corrected chi connectivity index (χ4v) is 2.87. The molecule has 2 atom stereocenters. The summed E-state index contributed by atoms with van der Waals surface area (Å²) in [5.74, 6) is 1.13. The molecule has 1 saturated carbocycles. The Morgan fingerprint density at radius 3 is 2.21 bits per heavy atom. The van der Waals surface area contributed by atoms with Gasteiger partial charge in [-0.1, -0.05) is 6.92 Å². The van der Waals surface area contributed by atoms with Crippen LogP contribution in [0.4, 0.5) is 0 Å². The van der Waals surface area contributed by atoms with E-state index in [1.165, 1.54) is 4.90 Å². The first kappa shape index (κ1) is 10.0. The third-order valence-corrected chi connectivity index (χ3v) is 3.49. The predicted octanol–water partition coefficient (Wildman–Crippen LogP) is 0.947. The summed E-state index contributed by atoms with van der Waals surface area (Å²) < 4.78 is 0. The van der Waals surface area contributed by atoms with E-state index in [0.717, 1.165) is 12.8 Å². The van der Waals surface area contributed by atoms with Crippen molar-refractivity contribution in [2.75, 3.05) is 12.3 Å². The minimum Gasteiger partial charge on any atom is -0.281 e. The number of carbonyl (C=O) groups excluding carboxylic acids is 2. The highest BCUT2D eigenvalue weighted by Crippen LogP contribution is 2.42. The lowest BCUT2D eigenvalue weighted by Crippen LogP contribution is -2.33. The Hall–Kier alpha value is -0.510. The van der Waals surface area contributed by atoms with Crippen molar-refractivity contribution in [1.82, 2.24) is 4.90 Å². The molecule has 1 aliphatic heterocycles. The van der Waals surface area contributed by atoms with E-state index >= 15 is 0 Å². The first-order chi connectivity index (χ1) is 6.65. The van der Waals surface area contributed by atoms with E-state index in [4.69, 9.17) is 0 Å². The number of fused-ring (bicyclic) bond motifs is 1. The van der Waals surface area contributed by atoms with Crippen LogP contribution < -0.4 is 0 Å². The molecule has 2 amide bonds.